The third kappa shape index (κ3) is 4.42. The molecule has 0 saturated carbocycles. The number of aromatic nitrogens is 1. The molecule has 0 spiro atoms. The number of hydrogen-bond acceptors (Lipinski definition) is 5. The van der Waals surface area contributed by atoms with Crippen LogP contribution in [-0.2, 0) is 22.4 Å². The molecule has 2 amide bonds. The number of likely N-dealkylation sites (tertiary alicyclic amines) is 1. The Bertz CT molecular complexity index is 1070. The Morgan fingerprint density at radius 1 is 1.26 bits per heavy atom. The van der Waals surface area contributed by atoms with E-state index in [2.05, 4.69) is 28.7 Å². The number of nitrogens with zero attached hydrogens (tertiary/aromatic N) is 2. The first-order chi connectivity index (χ1) is 14.9. The number of thiophene rings is 1. The van der Waals surface area contributed by atoms with Gasteiger partial charge in [0.15, 0.2) is 0 Å². The Kier molecular flexibility index (Phi) is 5.96. The Morgan fingerprint density at radius 2 is 2.10 bits per heavy atom. The molecule has 2 aromatic heterocycles. The minimum atomic E-state index is -0.729. The van der Waals surface area contributed by atoms with Crippen LogP contribution in [0.1, 0.15) is 35.4 Å². The first-order valence-electron chi connectivity index (χ1n) is 10.5. The molecular formula is C24H27N3O3S. The van der Waals surface area contributed by atoms with Crippen molar-refractivity contribution in [2.45, 2.75) is 39.5 Å². The van der Waals surface area contributed by atoms with Crippen LogP contribution < -0.4 is 5.73 Å². The highest BCUT2D eigenvalue weighted by atomic mass is 32.1. The van der Waals surface area contributed by atoms with Crippen LogP contribution in [0.2, 0.25) is 0 Å². The first kappa shape index (κ1) is 21.3. The quantitative estimate of drug-likeness (QED) is 0.607. The van der Waals surface area contributed by atoms with Gasteiger partial charge in [0.2, 0.25) is 11.8 Å². The van der Waals surface area contributed by atoms with E-state index < -0.39 is 5.41 Å². The summed E-state index contributed by atoms with van der Waals surface area (Å²) in [5.41, 5.74) is 9.15. The molecule has 1 aliphatic heterocycles. The van der Waals surface area contributed by atoms with Crippen molar-refractivity contribution in [2.24, 2.45) is 11.1 Å². The van der Waals surface area contributed by atoms with Crippen molar-refractivity contribution in [1.29, 1.82) is 0 Å². The largest absolute Gasteiger partial charge is 0.369 e. The summed E-state index contributed by atoms with van der Waals surface area (Å²) in [6, 6.07) is 12.4. The maximum atomic E-state index is 12.9. The smallest absolute Gasteiger partial charge is 0.225 e. The molecule has 4 rings (SSSR count). The molecule has 0 aliphatic carbocycles. The van der Waals surface area contributed by atoms with Crippen molar-refractivity contribution >= 4 is 23.2 Å². The summed E-state index contributed by atoms with van der Waals surface area (Å²) >= 11 is 1.69. The van der Waals surface area contributed by atoms with Crippen molar-refractivity contribution in [1.82, 2.24) is 10.1 Å². The highest BCUT2D eigenvalue weighted by Crippen LogP contribution is 2.36. The van der Waals surface area contributed by atoms with Crippen LogP contribution in [0, 0.1) is 19.3 Å². The zero-order valence-electron chi connectivity index (χ0n) is 17.9. The summed E-state index contributed by atoms with van der Waals surface area (Å²) in [6.07, 6.45) is 2.08. The third-order valence-corrected chi connectivity index (χ3v) is 7.19. The van der Waals surface area contributed by atoms with Crippen LogP contribution in [0.4, 0.5) is 0 Å². The predicted molar refractivity (Wildman–Crippen MR) is 121 cm³/mol. The molecule has 6 nitrogen and oxygen atoms in total. The summed E-state index contributed by atoms with van der Waals surface area (Å²) in [7, 11) is 0. The fourth-order valence-electron chi connectivity index (χ4n) is 4.43. The van der Waals surface area contributed by atoms with E-state index in [-0.39, 0.29) is 11.8 Å². The zero-order chi connectivity index (χ0) is 22.0. The second kappa shape index (κ2) is 8.67. The van der Waals surface area contributed by atoms with Crippen LogP contribution in [0.25, 0.3) is 10.4 Å². The lowest BCUT2D eigenvalue weighted by molar-refractivity contribution is -0.132. The Balaban J connectivity index is 1.45. The number of nitrogens with two attached hydrogens (primary N) is 1. The number of hydrogen-bond donors (Lipinski definition) is 1. The number of aryl methyl sites for hydroxylation is 2. The van der Waals surface area contributed by atoms with Crippen molar-refractivity contribution in [3.05, 3.63) is 64.4 Å². The van der Waals surface area contributed by atoms with E-state index in [4.69, 9.17) is 10.3 Å². The van der Waals surface area contributed by atoms with Crippen LogP contribution in [-0.4, -0.2) is 35.0 Å². The molecule has 0 radical (unpaired) electrons. The van der Waals surface area contributed by atoms with Crippen molar-refractivity contribution in [3.63, 3.8) is 0 Å². The third-order valence-electron chi connectivity index (χ3n) is 6.27. The van der Waals surface area contributed by atoms with E-state index in [1.807, 2.05) is 32.0 Å². The van der Waals surface area contributed by atoms with Crippen molar-refractivity contribution < 1.29 is 14.1 Å². The Hall–Kier alpha value is -2.93. The Labute approximate surface area is 186 Å². The molecule has 3 aromatic rings. The van der Waals surface area contributed by atoms with Gasteiger partial charge in [0, 0.05) is 30.0 Å². The normalized spacial score (nSPS) is 18.5. The summed E-state index contributed by atoms with van der Waals surface area (Å²) in [5, 5.41) is 6.00. The van der Waals surface area contributed by atoms with Crippen LogP contribution in [0.3, 0.4) is 0 Å². The molecule has 1 aromatic carbocycles. The molecule has 2 N–H and O–H groups in total. The number of benzene rings is 1. The van der Waals surface area contributed by atoms with Gasteiger partial charge in [-0.15, -0.1) is 11.3 Å². The maximum absolute atomic E-state index is 12.9. The fraction of sp³-hybridized carbons (Fsp3) is 0.375. The molecule has 1 atom stereocenters. The molecule has 3 heterocycles. The summed E-state index contributed by atoms with van der Waals surface area (Å²) in [6.45, 7) is 4.66. The number of carbonyl (C=O) groups excluding carboxylic acids is 2. The van der Waals surface area contributed by atoms with E-state index in [0.29, 0.717) is 38.8 Å². The number of primary amides is 1. The van der Waals surface area contributed by atoms with Gasteiger partial charge in [-0.05, 0) is 55.7 Å². The second-order valence-electron chi connectivity index (χ2n) is 8.37. The van der Waals surface area contributed by atoms with E-state index in [1.54, 1.807) is 16.2 Å². The van der Waals surface area contributed by atoms with Crippen LogP contribution in [0.15, 0.2) is 46.3 Å². The summed E-state index contributed by atoms with van der Waals surface area (Å²) in [4.78, 5) is 28.3. The topological polar surface area (TPSA) is 89.4 Å². The van der Waals surface area contributed by atoms with Crippen molar-refractivity contribution in [2.75, 3.05) is 13.1 Å². The first-order valence-corrected chi connectivity index (χ1v) is 11.4. The molecule has 7 heteroatoms. The fourth-order valence-corrected chi connectivity index (χ4v) is 5.16. The van der Waals surface area contributed by atoms with E-state index in [1.165, 1.54) is 4.88 Å². The van der Waals surface area contributed by atoms with Gasteiger partial charge in [0.25, 0.3) is 0 Å². The highest BCUT2D eigenvalue weighted by molar-refractivity contribution is 7.13. The van der Waals surface area contributed by atoms with Crippen LogP contribution in [0.5, 0.6) is 0 Å². The Morgan fingerprint density at radius 3 is 2.77 bits per heavy atom. The van der Waals surface area contributed by atoms with Gasteiger partial charge in [0.1, 0.15) is 5.76 Å². The molecule has 1 unspecified atom stereocenters. The van der Waals surface area contributed by atoms with Gasteiger partial charge in [-0.3, -0.25) is 9.59 Å². The minimum absolute atomic E-state index is 0.0375. The number of amides is 2. The molecule has 1 fully saturated rings. The van der Waals surface area contributed by atoms with Crippen LogP contribution >= 0.6 is 11.3 Å². The van der Waals surface area contributed by atoms with Crippen molar-refractivity contribution in [3.8, 4) is 10.4 Å². The molecular weight excluding hydrogens is 410 g/mol. The monoisotopic (exact) mass is 437 g/mol. The average molecular weight is 438 g/mol. The average Bonchev–Trinajstić information content (AvgIpc) is 3.49. The van der Waals surface area contributed by atoms with E-state index in [9.17, 15) is 9.59 Å². The zero-order valence-corrected chi connectivity index (χ0v) is 18.7. The SMILES string of the molecule is Cc1noc(C)c1CCC(=O)N1CCC(Cc2cccc(-c3cccs3)c2)(C(N)=O)C1. The predicted octanol–water partition coefficient (Wildman–Crippen LogP) is 3.90. The second-order valence-corrected chi connectivity index (χ2v) is 9.31. The van der Waals surface area contributed by atoms with E-state index >= 15 is 0 Å². The lowest BCUT2D eigenvalue weighted by atomic mass is 9.80. The van der Waals surface area contributed by atoms with Gasteiger partial charge in [-0.1, -0.05) is 35.5 Å². The molecule has 0 bridgehead atoms. The number of carbonyl (C=O) groups is 2. The lowest BCUT2D eigenvalue weighted by Crippen LogP contribution is -2.42. The summed E-state index contributed by atoms with van der Waals surface area (Å²) < 4.78 is 5.19. The molecule has 1 aliphatic rings. The van der Waals surface area contributed by atoms with E-state index in [0.717, 1.165) is 28.1 Å². The van der Waals surface area contributed by atoms with Gasteiger partial charge in [-0.25, -0.2) is 0 Å². The number of rotatable bonds is 7. The molecule has 1 saturated heterocycles. The highest BCUT2D eigenvalue weighted by Gasteiger charge is 2.44. The van der Waals surface area contributed by atoms with Gasteiger partial charge < -0.3 is 15.2 Å². The minimum Gasteiger partial charge on any atom is -0.369 e. The standard InChI is InChI=1S/C24H27N3O3S/c1-16-20(17(2)30-26-16)8-9-22(28)27-11-10-24(15-27,23(25)29)14-18-5-3-6-19(13-18)21-7-4-12-31-21/h3-7,12-13H,8-11,14-15H2,1-2H3,(H2,25,29). The summed E-state index contributed by atoms with van der Waals surface area (Å²) in [5.74, 6) is 0.453. The van der Waals surface area contributed by atoms with Gasteiger partial charge in [-0.2, -0.15) is 0 Å². The molecule has 31 heavy (non-hydrogen) atoms. The lowest BCUT2D eigenvalue weighted by Gasteiger charge is -2.26. The van der Waals surface area contributed by atoms with Gasteiger partial charge >= 0.3 is 0 Å². The maximum Gasteiger partial charge on any atom is 0.225 e. The molecule has 162 valence electrons. The van der Waals surface area contributed by atoms with Gasteiger partial charge in [0.05, 0.1) is 11.1 Å².